The van der Waals surface area contributed by atoms with Gasteiger partial charge in [0.1, 0.15) is 27.6 Å². The zero-order valence-electron chi connectivity index (χ0n) is 12.9. The summed E-state index contributed by atoms with van der Waals surface area (Å²) in [6.07, 6.45) is -0.0836. The van der Waals surface area contributed by atoms with Crippen LogP contribution in [-0.2, 0) is 9.59 Å². The molecule has 6 radical (unpaired) electrons. The summed E-state index contributed by atoms with van der Waals surface area (Å²) in [6, 6.07) is 0.301. The molecule has 2 aromatic rings. The number of rotatable bonds is 1. The molecular formula is C14H11B3N4O3. The first-order chi connectivity index (χ1) is 11.2. The molecule has 1 aliphatic heterocycles. The smallest absolute Gasteiger partial charge is 0.264 e. The number of nitrogens with one attached hydrogen (secondary N) is 1. The fourth-order valence-electron chi connectivity index (χ4n) is 2.97. The second-order valence-corrected chi connectivity index (χ2v) is 5.75. The van der Waals surface area contributed by atoms with Crippen molar-refractivity contribution in [2.45, 2.75) is 25.2 Å². The zero-order chi connectivity index (χ0) is 17.8. The number of piperidine rings is 1. The Bertz CT molecular complexity index is 957. The lowest BCUT2D eigenvalue weighted by Crippen LogP contribution is -2.48. The molecule has 2 heterocycles. The number of hydrogen-bond donors (Lipinski definition) is 2. The fourth-order valence-corrected chi connectivity index (χ4v) is 2.97. The molecule has 1 aromatic carbocycles. The minimum Gasteiger partial charge on any atom is -0.398 e. The van der Waals surface area contributed by atoms with Crippen LogP contribution < -0.4 is 27.5 Å². The Hall–Kier alpha value is -2.51. The van der Waals surface area contributed by atoms with Crippen LogP contribution in [0.3, 0.4) is 0 Å². The topological polar surface area (TPSA) is 107 Å². The van der Waals surface area contributed by atoms with Gasteiger partial charge in [-0.15, -0.1) is 0 Å². The summed E-state index contributed by atoms with van der Waals surface area (Å²) in [7, 11) is 17.6. The van der Waals surface area contributed by atoms with Crippen molar-refractivity contribution in [3.63, 3.8) is 0 Å². The maximum Gasteiger partial charge on any atom is 0.264 e. The van der Waals surface area contributed by atoms with Gasteiger partial charge >= 0.3 is 0 Å². The number of carbonyl (C=O) groups is 2. The van der Waals surface area contributed by atoms with Gasteiger partial charge in [0.2, 0.25) is 11.8 Å². The number of benzene rings is 1. The van der Waals surface area contributed by atoms with Crippen LogP contribution in [-0.4, -0.2) is 44.9 Å². The lowest BCUT2D eigenvalue weighted by Gasteiger charge is -2.30. The maximum absolute atomic E-state index is 12.9. The average molecular weight is 316 g/mol. The van der Waals surface area contributed by atoms with Crippen LogP contribution in [0.4, 0.5) is 5.69 Å². The van der Waals surface area contributed by atoms with E-state index in [1.807, 2.05) is 0 Å². The molecule has 2 unspecified atom stereocenters. The quantitative estimate of drug-likeness (QED) is 0.341. The first-order valence-corrected chi connectivity index (χ1v) is 7.18. The van der Waals surface area contributed by atoms with Crippen LogP contribution in [0.5, 0.6) is 0 Å². The molecule has 3 rings (SSSR count). The molecule has 24 heavy (non-hydrogen) atoms. The number of hydrogen-bond acceptors (Lipinski definition) is 5. The van der Waals surface area contributed by atoms with E-state index in [4.69, 9.17) is 29.3 Å². The van der Waals surface area contributed by atoms with Gasteiger partial charge in [-0.25, -0.2) is 4.98 Å². The van der Waals surface area contributed by atoms with Crippen molar-refractivity contribution < 1.29 is 9.59 Å². The SMILES string of the molecule is [B]c1cc(N)c2c(=O)n(C3C(=O)NC(=O)CC3[B])c(C)nc2c1[B]. The molecule has 3 N–H and O–H groups in total. The number of nitrogens with zero attached hydrogens (tertiary/aromatic N) is 2. The van der Waals surface area contributed by atoms with E-state index >= 15 is 0 Å². The Balaban J connectivity index is 2.33. The van der Waals surface area contributed by atoms with Crippen molar-refractivity contribution in [3.05, 3.63) is 22.2 Å². The van der Waals surface area contributed by atoms with Crippen LogP contribution in [0, 0.1) is 6.92 Å². The summed E-state index contributed by atoms with van der Waals surface area (Å²) in [5.74, 6) is -1.78. The van der Waals surface area contributed by atoms with Gasteiger partial charge in [0.15, 0.2) is 0 Å². The molecule has 0 aliphatic carbocycles. The van der Waals surface area contributed by atoms with Crippen LogP contribution in [0.25, 0.3) is 10.9 Å². The summed E-state index contributed by atoms with van der Waals surface area (Å²) in [5.41, 5.74) is 5.95. The first kappa shape index (κ1) is 16.4. The van der Waals surface area contributed by atoms with Crippen molar-refractivity contribution in [1.82, 2.24) is 14.9 Å². The number of aryl methyl sites for hydroxylation is 1. The number of aromatic nitrogens is 2. The Morgan fingerprint density at radius 1 is 1.33 bits per heavy atom. The van der Waals surface area contributed by atoms with E-state index in [1.165, 1.54) is 13.0 Å². The van der Waals surface area contributed by atoms with Crippen molar-refractivity contribution >= 4 is 62.9 Å². The number of nitrogens with two attached hydrogens (primary N) is 1. The van der Waals surface area contributed by atoms with Gasteiger partial charge in [0.25, 0.3) is 5.56 Å². The van der Waals surface area contributed by atoms with Crippen molar-refractivity contribution in [1.29, 1.82) is 0 Å². The second-order valence-electron chi connectivity index (χ2n) is 5.75. The van der Waals surface area contributed by atoms with Crippen LogP contribution in [0.15, 0.2) is 10.9 Å². The third kappa shape index (κ3) is 2.33. The molecule has 2 amide bonds. The third-order valence-electron chi connectivity index (χ3n) is 4.09. The highest BCUT2D eigenvalue weighted by Crippen LogP contribution is 2.28. The number of nitrogen functional groups attached to an aromatic ring is 1. The number of anilines is 1. The molecule has 1 saturated heterocycles. The van der Waals surface area contributed by atoms with Gasteiger partial charge in [0.05, 0.1) is 18.7 Å². The molecule has 114 valence electrons. The van der Waals surface area contributed by atoms with Gasteiger partial charge < -0.3 is 5.73 Å². The van der Waals surface area contributed by atoms with Gasteiger partial charge in [-0.3, -0.25) is 24.3 Å². The molecule has 0 spiro atoms. The van der Waals surface area contributed by atoms with Crippen LogP contribution in [0.1, 0.15) is 18.3 Å². The monoisotopic (exact) mass is 316 g/mol. The van der Waals surface area contributed by atoms with Gasteiger partial charge in [-0.1, -0.05) is 10.9 Å². The van der Waals surface area contributed by atoms with E-state index in [9.17, 15) is 14.4 Å². The minimum atomic E-state index is -1.06. The third-order valence-corrected chi connectivity index (χ3v) is 4.09. The van der Waals surface area contributed by atoms with Gasteiger partial charge in [0, 0.05) is 12.1 Å². The Morgan fingerprint density at radius 3 is 2.62 bits per heavy atom. The zero-order valence-corrected chi connectivity index (χ0v) is 12.9. The highest BCUT2D eigenvalue weighted by molar-refractivity contribution is 6.52. The number of amides is 2. The summed E-state index contributed by atoms with van der Waals surface area (Å²) in [6.45, 7) is 1.54. The molecule has 1 aliphatic rings. The summed E-state index contributed by atoms with van der Waals surface area (Å²) < 4.78 is 1.14. The molecule has 10 heteroatoms. The minimum absolute atomic E-state index is 0.0594. The first-order valence-electron chi connectivity index (χ1n) is 7.18. The van der Waals surface area contributed by atoms with Gasteiger partial charge in [-0.05, 0) is 18.8 Å². The summed E-state index contributed by atoms with van der Waals surface area (Å²) >= 11 is 0. The fraction of sp³-hybridized carbons (Fsp3) is 0.286. The maximum atomic E-state index is 12.9. The normalized spacial score (nSPS) is 21.0. The number of fused-ring (bicyclic) bond motifs is 1. The average Bonchev–Trinajstić information content (AvgIpc) is 2.46. The molecule has 0 saturated carbocycles. The molecule has 1 fully saturated rings. The summed E-state index contributed by atoms with van der Waals surface area (Å²) in [5, 5.41) is 2.23. The largest absolute Gasteiger partial charge is 0.398 e. The lowest BCUT2D eigenvalue weighted by atomic mass is 9.75. The second kappa shape index (κ2) is 5.54. The van der Waals surface area contributed by atoms with Crippen LogP contribution >= 0.6 is 0 Å². The molecule has 0 bridgehead atoms. The number of imide groups is 1. The highest BCUT2D eigenvalue weighted by Gasteiger charge is 2.36. The highest BCUT2D eigenvalue weighted by atomic mass is 16.2. The molecule has 2 atom stereocenters. The van der Waals surface area contributed by atoms with E-state index in [2.05, 4.69) is 10.3 Å². The van der Waals surface area contributed by atoms with Crippen molar-refractivity contribution in [2.75, 3.05) is 5.73 Å². The Labute approximate surface area is 141 Å². The standard InChI is InChI=1S/C14H11B3N4O3/c1-4-19-11-9(7(18)2-5(15)10(11)17)14(24)21(4)12-6(16)3-8(22)20-13(12)23/h2,6,12H,3,18H2,1H3,(H,20,22,23). The number of carbonyl (C=O) groups excluding carboxylic acids is 2. The summed E-state index contributed by atoms with van der Waals surface area (Å²) in [4.78, 5) is 40.8. The van der Waals surface area contributed by atoms with E-state index < -0.39 is 29.2 Å². The Kier molecular flexibility index (Phi) is 3.78. The van der Waals surface area contributed by atoms with Crippen molar-refractivity contribution in [2.24, 2.45) is 0 Å². The lowest BCUT2D eigenvalue weighted by molar-refractivity contribution is -0.135. The molecular weight excluding hydrogens is 305 g/mol. The molecule has 7 nitrogen and oxygen atoms in total. The molecule has 1 aromatic heterocycles. The predicted molar refractivity (Wildman–Crippen MR) is 92.2 cm³/mol. The predicted octanol–water partition coefficient (Wildman–Crippen LogP) is -2.58. The Morgan fingerprint density at radius 2 is 2.00 bits per heavy atom. The van der Waals surface area contributed by atoms with Crippen LogP contribution in [0.2, 0.25) is 5.82 Å². The van der Waals surface area contributed by atoms with Gasteiger partial charge in [-0.2, -0.15) is 0 Å². The van der Waals surface area contributed by atoms with E-state index in [0.29, 0.717) is 0 Å². The van der Waals surface area contributed by atoms with E-state index in [1.54, 1.807) is 0 Å². The van der Waals surface area contributed by atoms with E-state index in [0.717, 1.165) is 4.57 Å². The van der Waals surface area contributed by atoms with Crippen molar-refractivity contribution in [3.8, 4) is 0 Å². The van der Waals surface area contributed by atoms with E-state index in [-0.39, 0.29) is 39.8 Å².